The lowest BCUT2D eigenvalue weighted by molar-refractivity contribution is 0.103. The van der Waals surface area contributed by atoms with Gasteiger partial charge in [0.05, 0.1) is 15.5 Å². The molecule has 0 saturated heterocycles. The lowest BCUT2D eigenvalue weighted by Crippen LogP contribution is -2.13. The zero-order chi connectivity index (χ0) is 19.1. The number of aromatic nitrogens is 2. The third-order valence-electron chi connectivity index (χ3n) is 3.81. The van der Waals surface area contributed by atoms with Crippen molar-refractivity contribution >= 4 is 43.2 Å². The fraction of sp³-hybridized carbons (Fsp3) is 0.294. The molecular weight excluding hydrogens is 372 g/mol. The zero-order valence-corrected chi connectivity index (χ0v) is 16.3. The summed E-state index contributed by atoms with van der Waals surface area (Å²) in [5.74, 6) is 0.208. The summed E-state index contributed by atoms with van der Waals surface area (Å²) in [4.78, 5) is 14.1. The van der Waals surface area contributed by atoms with E-state index >= 15 is 0 Å². The molecule has 138 valence electrons. The first-order chi connectivity index (χ1) is 12.1. The minimum Gasteiger partial charge on any atom is -0.321 e. The number of primary sulfonamides is 1. The first kappa shape index (κ1) is 18.6. The average molecular weight is 393 g/mol. The second-order valence-electron chi connectivity index (χ2n) is 6.51. The van der Waals surface area contributed by atoms with E-state index in [2.05, 4.69) is 24.3 Å². The standard InChI is InChI=1S/C17H20N4O3S2/c1-10(2)9-21-17-14(11(3)20-21)8-15(25-17)16(22)19-12-4-6-13(7-5-12)26(18,23)24/h4-8,10H,9H2,1-3H3,(H,19,22)(H2,18,23,24). The van der Waals surface area contributed by atoms with Gasteiger partial charge in [0.15, 0.2) is 0 Å². The highest BCUT2D eigenvalue weighted by molar-refractivity contribution is 7.89. The highest BCUT2D eigenvalue weighted by Crippen LogP contribution is 2.29. The molecule has 0 atom stereocenters. The van der Waals surface area contributed by atoms with Crippen molar-refractivity contribution in [1.82, 2.24) is 9.78 Å². The summed E-state index contributed by atoms with van der Waals surface area (Å²) in [6.07, 6.45) is 0. The van der Waals surface area contributed by atoms with E-state index in [1.165, 1.54) is 35.6 Å². The van der Waals surface area contributed by atoms with Crippen LogP contribution in [0.5, 0.6) is 0 Å². The minimum absolute atomic E-state index is 0.00163. The fourth-order valence-corrected chi connectivity index (χ4v) is 4.20. The Labute approximate surface area is 155 Å². The molecule has 0 aliphatic carbocycles. The molecule has 1 aromatic carbocycles. The molecule has 3 aromatic rings. The number of nitrogens with one attached hydrogen (secondary N) is 1. The van der Waals surface area contributed by atoms with Crippen LogP contribution in [0.15, 0.2) is 35.2 Å². The first-order valence-electron chi connectivity index (χ1n) is 8.06. The number of aryl methyl sites for hydroxylation is 1. The molecular formula is C17H20N4O3S2. The van der Waals surface area contributed by atoms with Crippen LogP contribution in [-0.2, 0) is 16.6 Å². The highest BCUT2D eigenvalue weighted by atomic mass is 32.2. The minimum atomic E-state index is -3.75. The zero-order valence-electron chi connectivity index (χ0n) is 14.7. The van der Waals surface area contributed by atoms with E-state index in [1.807, 2.05) is 17.7 Å². The summed E-state index contributed by atoms with van der Waals surface area (Å²) in [7, 11) is -3.75. The fourth-order valence-electron chi connectivity index (χ4n) is 2.61. The Kier molecular flexibility index (Phi) is 4.87. The molecule has 0 radical (unpaired) electrons. The molecule has 2 aromatic heterocycles. The first-order valence-corrected chi connectivity index (χ1v) is 10.4. The van der Waals surface area contributed by atoms with Gasteiger partial charge in [0.2, 0.25) is 10.0 Å². The van der Waals surface area contributed by atoms with Gasteiger partial charge in [-0.15, -0.1) is 11.3 Å². The molecule has 0 fully saturated rings. The second-order valence-corrected chi connectivity index (χ2v) is 9.11. The number of hydrogen-bond donors (Lipinski definition) is 2. The summed E-state index contributed by atoms with van der Waals surface area (Å²) >= 11 is 1.39. The Balaban J connectivity index is 1.84. The molecule has 0 bridgehead atoms. The van der Waals surface area contributed by atoms with E-state index in [1.54, 1.807) is 0 Å². The molecule has 1 amide bonds. The molecule has 0 saturated carbocycles. The van der Waals surface area contributed by atoms with Crippen LogP contribution in [0.25, 0.3) is 10.2 Å². The van der Waals surface area contributed by atoms with Crippen molar-refractivity contribution in [2.24, 2.45) is 11.1 Å². The molecule has 9 heteroatoms. The van der Waals surface area contributed by atoms with Gasteiger partial charge in [-0.2, -0.15) is 5.10 Å². The van der Waals surface area contributed by atoms with Gasteiger partial charge in [0.25, 0.3) is 5.91 Å². The second kappa shape index (κ2) is 6.82. The lowest BCUT2D eigenvalue weighted by atomic mass is 10.2. The van der Waals surface area contributed by atoms with Gasteiger partial charge in [-0.25, -0.2) is 13.6 Å². The van der Waals surface area contributed by atoms with E-state index in [9.17, 15) is 13.2 Å². The Hall–Kier alpha value is -2.23. The number of sulfonamides is 1. The van der Waals surface area contributed by atoms with E-state index in [0.29, 0.717) is 16.5 Å². The van der Waals surface area contributed by atoms with Crippen LogP contribution in [0, 0.1) is 12.8 Å². The molecule has 26 heavy (non-hydrogen) atoms. The van der Waals surface area contributed by atoms with Gasteiger partial charge in [0.1, 0.15) is 4.83 Å². The number of nitrogens with two attached hydrogens (primary N) is 1. The van der Waals surface area contributed by atoms with Gasteiger partial charge in [-0.05, 0) is 43.2 Å². The number of anilines is 1. The number of carbonyl (C=O) groups is 1. The van der Waals surface area contributed by atoms with Crippen molar-refractivity contribution in [1.29, 1.82) is 0 Å². The van der Waals surface area contributed by atoms with Crippen LogP contribution in [0.3, 0.4) is 0 Å². The van der Waals surface area contributed by atoms with Crippen molar-refractivity contribution in [3.63, 3.8) is 0 Å². The Bertz CT molecular complexity index is 1060. The molecule has 7 nitrogen and oxygen atoms in total. The summed E-state index contributed by atoms with van der Waals surface area (Å²) in [5, 5.41) is 13.4. The van der Waals surface area contributed by atoms with E-state index in [-0.39, 0.29) is 10.8 Å². The van der Waals surface area contributed by atoms with Crippen molar-refractivity contribution in [2.45, 2.75) is 32.2 Å². The monoisotopic (exact) mass is 392 g/mol. The van der Waals surface area contributed by atoms with Crippen LogP contribution >= 0.6 is 11.3 Å². The number of amides is 1. The molecule has 0 spiro atoms. The van der Waals surface area contributed by atoms with Crippen LogP contribution in [0.4, 0.5) is 5.69 Å². The lowest BCUT2D eigenvalue weighted by Gasteiger charge is -2.06. The van der Waals surface area contributed by atoms with Gasteiger partial charge in [-0.1, -0.05) is 13.8 Å². The molecule has 0 aliphatic rings. The van der Waals surface area contributed by atoms with Crippen molar-refractivity contribution < 1.29 is 13.2 Å². The van der Waals surface area contributed by atoms with Crippen LogP contribution in [0.2, 0.25) is 0 Å². The highest BCUT2D eigenvalue weighted by Gasteiger charge is 2.17. The predicted octanol–water partition coefficient (Wildman–Crippen LogP) is 2.96. The quantitative estimate of drug-likeness (QED) is 0.696. The maximum absolute atomic E-state index is 12.5. The molecule has 3 N–H and O–H groups in total. The summed E-state index contributed by atoms with van der Waals surface area (Å²) in [5.41, 5.74) is 1.40. The third kappa shape index (κ3) is 3.79. The largest absolute Gasteiger partial charge is 0.321 e. The van der Waals surface area contributed by atoms with E-state index < -0.39 is 10.0 Å². The normalized spacial score (nSPS) is 12.0. The number of fused-ring (bicyclic) bond motifs is 1. The van der Waals surface area contributed by atoms with Crippen LogP contribution < -0.4 is 10.5 Å². The summed E-state index contributed by atoms with van der Waals surface area (Å²) in [6.45, 7) is 6.96. The average Bonchev–Trinajstić information content (AvgIpc) is 3.09. The predicted molar refractivity (Wildman–Crippen MR) is 103 cm³/mol. The van der Waals surface area contributed by atoms with Gasteiger partial charge in [0, 0.05) is 17.6 Å². The molecule has 0 unspecified atom stereocenters. The van der Waals surface area contributed by atoms with Crippen LogP contribution in [0.1, 0.15) is 29.2 Å². The number of carbonyl (C=O) groups excluding carboxylic acids is 1. The Morgan fingerprint density at radius 2 is 1.96 bits per heavy atom. The molecule has 3 rings (SSSR count). The topological polar surface area (TPSA) is 107 Å². The molecule has 2 heterocycles. The number of rotatable bonds is 5. The van der Waals surface area contributed by atoms with E-state index in [4.69, 9.17) is 5.14 Å². The maximum Gasteiger partial charge on any atom is 0.265 e. The SMILES string of the molecule is Cc1nn(CC(C)C)c2sc(C(=O)Nc3ccc(S(N)(=O)=O)cc3)cc12. The molecule has 0 aliphatic heterocycles. The smallest absolute Gasteiger partial charge is 0.265 e. The van der Waals surface area contributed by atoms with Crippen molar-refractivity contribution in [3.8, 4) is 0 Å². The number of thiophene rings is 1. The third-order valence-corrected chi connectivity index (χ3v) is 5.89. The number of hydrogen-bond acceptors (Lipinski definition) is 5. The number of benzene rings is 1. The van der Waals surface area contributed by atoms with Gasteiger partial charge >= 0.3 is 0 Å². The van der Waals surface area contributed by atoms with Crippen molar-refractivity contribution in [3.05, 3.63) is 40.9 Å². The van der Waals surface area contributed by atoms with E-state index in [0.717, 1.165) is 22.5 Å². The Morgan fingerprint density at radius 3 is 2.54 bits per heavy atom. The number of nitrogens with zero attached hydrogens (tertiary/aromatic N) is 2. The maximum atomic E-state index is 12.5. The van der Waals surface area contributed by atoms with Gasteiger partial charge in [-0.3, -0.25) is 9.48 Å². The summed E-state index contributed by atoms with van der Waals surface area (Å²) in [6, 6.07) is 7.59. The van der Waals surface area contributed by atoms with Crippen molar-refractivity contribution in [2.75, 3.05) is 5.32 Å². The Morgan fingerprint density at radius 1 is 1.31 bits per heavy atom. The van der Waals surface area contributed by atoms with Crippen LogP contribution in [-0.4, -0.2) is 24.1 Å². The summed E-state index contributed by atoms with van der Waals surface area (Å²) < 4.78 is 24.5. The van der Waals surface area contributed by atoms with Gasteiger partial charge < -0.3 is 5.32 Å².